The Morgan fingerprint density at radius 1 is 1.23 bits per heavy atom. The molecule has 1 N–H and O–H groups in total. The lowest BCUT2D eigenvalue weighted by Crippen LogP contribution is -2.08. The number of anilines is 1. The van der Waals surface area contributed by atoms with Gasteiger partial charge in [0.1, 0.15) is 5.82 Å². The van der Waals surface area contributed by atoms with E-state index in [1.54, 1.807) is 6.20 Å². The summed E-state index contributed by atoms with van der Waals surface area (Å²) in [4.78, 5) is 8.75. The summed E-state index contributed by atoms with van der Waals surface area (Å²) in [7, 11) is 0. The van der Waals surface area contributed by atoms with E-state index >= 15 is 0 Å². The van der Waals surface area contributed by atoms with Gasteiger partial charge in [0.2, 0.25) is 5.88 Å². The number of rotatable bonds is 5. The molecular formula is C16H19N5O. The molecule has 0 aliphatic heterocycles. The van der Waals surface area contributed by atoms with E-state index in [0.717, 1.165) is 28.4 Å². The Labute approximate surface area is 129 Å². The lowest BCUT2D eigenvalue weighted by atomic mass is 10.2. The summed E-state index contributed by atoms with van der Waals surface area (Å²) >= 11 is 0. The van der Waals surface area contributed by atoms with Crippen LogP contribution in [0, 0.1) is 13.8 Å². The molecule has 0 unspecified atom stereocenters. The Morgan fingerprint density at radius 2 is 2.09 bits per heavy atom. The Morgan fingerprint density at radius 3 is 2.91 bits per heavy atom. The molecule has 3 rings (SSSR count). The molecule has 114 valence electrons. The van der Waals surface area contributed by atoms with Crippen LogP contribution in [-0.2, 0) is 6.54 Å². The molecule has 0 aromatic carbocycles. The van der Waals surface area contributed by atoms with Crippen LogP contribution in [-0.4, -0.2) is 26.2 Å². The van der Waals surface area contributed by atoms with Gasteiger partial charge in [-0.25, -0.2) is 9.97 Å². The molecule has 3 aromatic heterocycles. The van der Waals surface area contributed by atoms with Gasteiger partial charge >= 0.3 is 0 Å². The predicted molar refractivity (Wildman–Crippen MR) is 85.2 cm³/mol. The van der Waals surface area contributed by atoms with Crippen LogP contribution in [0.5, 0.6) is 5.88 Å². The Kier molecular flexibility index (Phi) is 3.91. The highest BCUT2D eigenvalue weighted by molar-refractivity contribution is 5.50. The number of nitrogens with one attached hydrogen (secondary N) is 1. The highest BCUT2D eigenvalue weighted by atomic mass is 16.5. The third-order valence-electron chi connectivity index (χ3n) is 3.27. The molecule has 0 spiro atoms. The quantitative estimate of drug-likeness (QED) is 0.784. The van der Waals surface area contributed by atoms with E-state index in [-0.39, 0.29) is 0 Å². The lowest BCUT2D eigenvalue weighted by molar-refractivity contribution is 0.323. The normalized spacial score (nSPS) is 10.9. The Hall–Kier alpha value is -2.63. The average Bonchev–Trinajstić information content (AvgIpc) is 2.86. The highest BCUT2D eigenvalue weighted by Gasteiger charge is 2.08. The van der Waals surface area contributed by atoms with Crippen molar-refractivity contribution in [1.29, 1.82) is 0 Å². The topological polar surface area (TPSA) is 64.3 Å². The fourth-order valence-electron chi connectivity index (χ4n) is 2.35. The van der Waals surface area contributed by atoms with E-state index in [0.29, 0.717) is 19.0 Å². The van der Waals surface area contributed by atoms with E-state index in [1.807, 2.05) is 49.6 Å². The third kappa shape index (κ3) is 2.86. The molecule has 0 amide bonds. The molecule has 0 aliphatic rings. The van der Waals surface area contributed by atoms with E-state index in [2.05, 4.69) is 20.4 Å². The van der Waals surface area contributed by atoms with Crippen LogP contribution in [0.3, 0.4) is 0 Å². The summed E-state index contributed by atoms with van der Waals surface area (Å²) in [5, 5.41) is 7.87. The standard InChI is InChI=1S/C16H19N5O/c1-4-22-16-13(6-5-7-17-16)10-18-14-8-11(2)19-15-9-12(3)20-21(14)15/h5-9,18H,4,10H2,1-3H3. The molecular weight excluding hydrogens is 278 g/mol. The number of nitrogens with zero attached hydrogens (tertiary/aromatic N) is 4. The SMILES string of the molecule is CCOc1ncccc1CNc1cc(C)nc2cc(C)nn12. The minimum Gasteiger partial charge on any atom is -0.478 e. The van der Waals surface area contributed by atoms with Crippen LogP contribution >= 0.6 is 0 Å². The van der Waals surface area contributed by atoms with E-state index < -0.39 is 0 Å². The van der Waals surface area contributed by atoms with E-state index in [4.69, 9.17) is 4.74 Å². The van der Waals surface area contributed by atoms with Gasteiger partial charge in [-0.05, 0) is 26.8 Å². The van der Waals surface area contributed by atoms with Crippen molar-refractivity contribution < 1.29 is 4.74 Å². The second-order valence-electron chi connectivity index (χ2n) is 5.09. The first-order chi connectivity index (χ1) is 10.7. The fourth-order valence-corrected chi connectivity index (χ4v) is 2.35. The van der Waals surface area contributed by atoms with Crippen LogP contribution in [0.4, 0.5) is 5.82 Å². The summed E-state index contributed by atoms with van der Waals surface area (Å²) in [6.07, 6.45) is 1.74. The third-order valence-corrected chi connectivity index (χ3v) is 3.27. The molecule has 0 saturated carbocycles. The Balaban J connectivity index is 1.88. The first-order valence-corrected chi connectivity index (χ1v) is 7.32. The molecule has 0 atom stereocenters. The minimum atomic E-state index is 0.598. The number of hydrogen-bond donors (Lipinski definition) is 1. The summed E-state index contributed by atoms with van der Waals surface area (Å²) < 4.78 is 7.37. The Bertz CT molecular complexity index is 796. The fraction of sp³-hybridized carbons (Fsp3) is 0.312. The molecule has 6 heteroatoms. The highest BCUT2D eigenvalue weighted by Crippen LogP contribution is 2.18. The summed E-state index contributed by atoms with van der Waals surface area (Å²) in [5.41, 5.74) is 3.75. The van der Waals surface area contributed by atoms with E-state index in [9.17, 15) is 0 Å². The van der Waals surface area contributed by atoms with Crippen molar-refractivity contribution in [3.05, 3.63) is 47.4 Å². The summed E-state index contributed by atoms with van der Waals surface area (Å²) in [6, 6.07) is 7.86. The zero-order chi connectivity index (χ0) is 15.5. The van der Waals surface area contributed by atoms with Gasteiger partial charge in [0, 0.05) is 36.1 Å². The molecule has 0 radical (unpaired) electrons. The van der Waals surface area contributed by atoms with Gasteiger partial charge in [0.15, 0.2) is 5.65 Å². The van der Waals surface area contributed by atoms with Gasteiger partial charge in [-0.2, -0.15) is 9.61 Å². The van der Waals surface area contributed by atoms with Gasteiger partial charge in [0.25, 0.3) is 0 Å². The first-order valence-electron chi connectivity index (χ1n) is 7.32. The number of ether oxygens (including phenoxy) is 1. The van der Waals surface area contributed by atoms with Gasteiger partial charge < -0.3 is 10.1 Å². The van der Waals surface area contributed by atoms with Crippen LogP contribution in [0.2, 0.25) is 0 Å². The van der Waals surface area contributed by atoms with Crippen molar-refractivity contribution in [3.8, 4) is 5.88 Å². The van der Waals surface area contributed by atoms with Crippen molar-refractivity contribution in [1.82, 2.24) is 19.6 Å². The largest absolute Gasteiger partial charge is 0.478 e. The van der Waals surface area contributed by atoms with E-state index in [1.165, 1.54) is 0 Å². The van der Waals surface area contributed by atoms with Crippen molar-refractivity contribution in [2.24, 2.45) is 0 Å². The molecule has 6 nitrogen and oxygen atoms in total. The molecule has 0 saturated heterocycles. The van der Waals surface area contributed by atoms with Crippen molar-refractivity contribution >= 4 is 11.5 Å². The number of fused-ring (bicyclic) bond motifs is 1. The maximum Gasteiger partial charge on any atom is 0.218 e. The molecule has 22 heavy (non-hydrogen) atoms. The number of aromatic nitrogens is 4. The number of hydrogen-bond acceptors (Lipinski definition) is 5. The zero-order valence-electron chi connectivity index (χ0n) is 13.0. The van der Waals surface area contributed by atoms with Crippen molar-refractivity contribution in [2.75, 3.05) is 11.9 Å². The number of pyridine rings is 1. The molecule has 0 bridgehead atoms. The molecule has 0 aliphatic carbocycles. The van der Waals surface area contributed by atoms with Crippen molar-refractivity contribution in [3.63, 3.8) is 0 Å². The summed E-state index contributed by atoms with van der Waals surface area (Å²) in [6.45, 7) is 7.10. The summed E-state index contributed by atoms with van der Waals surface area (Å²) in [5.74, 6) is 1.57. The maximum atomic E-state index is 5.55. The molecule has 3 aromatic rings. The zero-order valence-corrected chi connectivity index (χ0v) is 13.0. The number of aryl methyl sites for hydroxylation is 2. The predicted octanol–water partition coefficient (Wildman–Crippen LogP) is 2.75. The van der Waals surface area contributed by atoms with Crippen molar-refractivity contribution in [2.45, 2.75) is 27.3 Å². The van der Waals surface area contributed by atoms with Crippen LogP contribution in [0.25, 0.3) is 5.65 Å². The van der Waals surface area contributed by atoms with Gasteiger partial charge in [-0.3, -0.25) is 0 Å². The van der Waals surface area contributed by atoms with Gasteiger partial charge in [-0.1, -0.05) is 6.07 Å². The van der Waals surface area contributed by atoms with Gasteiger partial charge in [-0.15, -0.1) is 0 Å². The molecule has 0 fully saturated rings. The van der Waals surface area contributed by atoms with Crippen LogP contribution in [0.15, 0.2) is 30.5 Å². The first kappa shape index (κ1) is 14.3. The average molecular weight is 297 g/mol. The minimum absolute atomic E-state index is 0.598. The second-order valence-corrected chi connectivity index (χ2v) is 5.09. The smallest absolute Gasteiger partial charge is 0.218 e. The second kappa shape index (κ2) is 6.01. The van der Waals surface area contributed by atoms with Crippen LogP contribution < -0.4 is 10.1 Å². The maximum absolute atomic E-state index is 5.55. The monoisotopic (exact) mass is 297 g/mol. The molecule has 3 heterocycles. The lowest BCUT2D eigenvalue weighted by Gasteiger charge is -2.12. The van der Waals surface area contributed by atoms with Crippen LogP contribution in [0.1, 0.15) is 23.9 Å². The van der Waals surface area contributed by atoms with Gasteiger partial charge in [0.05, 0.1) is 12.3 Å².